The van der Waals surface area contributed by atoms with E-state index in [4.69, 9.17) is 10.5 Å². The van der Waals surface area contributed by atoms with Crippen molar-refractivity contribution >= 4 is 5.57 Å². The molecule has 14 heavy (non-hydrogen) atoms. The van der Waals surface area contributed by atoms with Gasteiger partial charge in [0.1, 0.15) is 12.4 Å². The van der Waals surface area contributed by atoms with Gasteiger partial charge in [0.25, 0.3) is 0 Å². The van der Waals surface area contributed by atoms with Crippen molar-refractivity contribution in [1.82, 2.24) is 0 Å². The van der Waals surface area contributed by atoms with Crippen molar-refractivity contribution < 1.29 is 4.74 Å². The first kappa shape index (κ1) is 9.28. The van der Waals surface area contributed by atoms with Crippen LogP contribution in [0.3, 0.4) is 0 Å². The summed E-state index contributed by atoms with van der Waals surface area (Å²) in [7, 11) is 0. The molecule has 1 aromatic carbocycles. The third-order valence-electron chi connectivity index (χ3n) is 2.72. The number of rotatable bonds is 1. The number of nitrogens with two attached hydrogens (primary N) is 1. The largest absolute Gasteiger partial charge is 0.489 e. The zero-order valence-corrected chi connectivity index (χ0v) is 8.63. The van der Waals surface area contributed by atoms with Crippen molar-refractivity contribution in [3.05, 3.63) is 34.9 Å². The molecule has 1 aromatic rings. The number of aryl methyl sites for hydroxylation is 1. The number of hydrogen-bond acceptors (Lipinski definition) is 2. The van der Waals surface area contributed by atoms with Crippen LogP contribution in [-0.2, 0) is 0 Å². The van der Waals surface area contributed by atoms with Gasteiger partial charge in [0.05, 0.1) is 0 Å². The molecule has 2 heteroatoms. The van der Waals surface area contributed by atoms with Crippen LogP contribution in [0.1, 0.15) is 18.1 Å². The number of fused-ring (bicyclic) bond motifs is 1. The highest BCUT2D eigenvalue weighted by Crippen LogP contribution is 2.32. The number of ether oxygens (including phenoxy) is 1. The monoisotopic (exact) mass is 189 g/mol. The van der Waals surface area contributed by atoms with Crippen molar-refractivity contribution in [2.45, 2.75) is 13.8 Å². The van der Waals surface area contributed by atoms with Crippen LogP contribution in [0.4, 0.5) is 0 Å². The van der Waals surface area contributed by atoms with Crippen molar-refractivity contribution in [2.24, 2.45) is 5.73 Å². The molecule has 0 unspecified atom stereocenters. The zero-order chi connectivity index (χ0) is 10.1. The highest BCUT2D eigenvalue weighted by Gasteiger charge is 2.15. The van der Waals surface area contributed by atoms with Gasteiger partial charge in [0.2, 0.25) is 0 Å². The first-order valence-electron chi connectivity index (χ1n) is 4.85. The minimum Gasteiger partial charge on any atom is -0.489 e. The summed E-state index contributed by atoms with van der Waals surface area (Å²) in [5, 5.41) is 0. The highest BCUT2D eigenvalue weighted by molar-refractivity contribution is 5.74. The van der Waals surface area contributed by atoms with Crippen LogP contribution < -0.4 is 10.5 Å². The van der Waals surface area contributed by atoms with E-state index in [1.807, 2.05) is 6.07 Å². The van der Waals surface area contributed by atoms with E-state index in [0.717, 1.165) is 5.75 Å². The average Bonchev–Trinajstić information content (AvgIpc) is 2.20. The molecule has 0 saturated carbocycles. The van der Waals surface area contributed by atoms with Gasteiger partial charge in [0.15, 0.2) is 0 Å². The van der Waals surface area contributed by atoms with Gasteiger partial charge in [-0.3, -0.25) is 0 Å². The summed E-state index contributed by atoms with van der Waals surface area (Å²) in [6, 6.07) is 6.25. The van der Waals surface area contributed by atoms with Crippen molar-refractivity contribution in [3.63, 3.8) is 0 Å². The fourth-order valence-electron chi connectivity index (χ4n) is 1.74. The first-order valence-corrected chi connectivity index (χ1v) is 4.85. The fraction of sp³-hybridized carbons (Fsp3) is 0.333. The lowest BCUT2D eigenvalue weighted by Crippen LogP contribution is -2.17. The maximum atomic E-state index is 5.65. The number of allylic oxidation sites excluding steroid dienone is 1. The molecule has 0 spiro atoms. The Morgan fingerprint density at radius 2 is 2.14 bits per heavy atom. The third-order valence-corrected chi connectivity index (χ3v) is 2.72. The van der Waals surface area contributed by atoms with E-state index in [-0.39, 0.29) is 0 Å². The summed E-state index contributed by atoms with van der Waals surface area (Å²) in [6.07, 6.45) is 0. The fourth-order valence-corrected chi connectivity index (χ4v) is 1.74. The summed E-state index contributed by atoms with van der Waals surface area (Å²) in [6.45, 7) is 5.42. The molecule has 74 valence electrons. The molecule has 0 fully saturated rings. The van der Waals surface area contributed by atoms with Crippen molar-refractivity contribution in [3.8, 4) is 5.75 Å². The molecular weight excluding hydrogens is 174 g/mol. The van der Waals surface area contributed by atoms with Crippen LogP contribution >= 0.6 is 0 Å². The normalized spacial score (nSPS) is 15.1. The van der Waals surface area contributed by atoms with Gasteiger partial charge in [-0.2, -0.15) is 0 Å². The standard InChI is InChI=1S/C12H15NO/c1-8-3-4-12-11(5-8)9(2)10(6-13)7-14-12/h3-5H,6-7,13H2,1-2H3. The minimum atomic E-state index is 0.583. The Bertz CT molecular complexity index is 393. The van der Waals surface area contributed by atoms with Crippen LogP contribution in [-0.4, -0.2) is 13.2 Å². The molecule has 0 amide bonds. The lowest BCUT2D eigenvalue weighted by molar-refractivity contribution is 0.344. The Balaban J connectivity index is 2.55. The summed E-state index contributed by atoms with van der Waals surface area (Å²) >= 11 is 0. The molecule has 1 aliphatic heterocycles. The van der Waals surface area contributed by atoms with E-state index < -0.39 is 0 Å². The number of hydrogen-bond donors (Lipinski definition) is 1. The third kappa shape index (κ3) is 1.42. The Kier molecular flexibility index (Phi) is 2.30. The molecule has 2 rings (SSSR count). The molecule has 1 heterocycles. The molecule has 1 aliphatic rings. The molecule has 2 nitrogen and oxygen atoms in total. The molecule has 0 atom stereocenters. The minimum absolute atomic E-state index is 0.583. The maximum absolute atomic E-state index is 5.65. The predicted octanol–water partition coefficient (Wildman–Crippen LogP) is 2.12. The van der Waals surface area contributed by atoms with Crippen molar-refractivity contribution in [1.29, 1.82) is 0 Å². The molecule has 0 bridgehead atoms. The van der Waals surface area contributed by atoms with E-state index in [1.165, 1.54) is 22.3 Å². The maximum Gasteiger partial charge on any atom is 0.127 e. The van der Waals surface area contributed by atoms with Gasteiger partial charge in [-0.15, -0.1) is 0 Å². The van der Waals surface area contributed by atoms with Crippen LogP contribution in [0.25, 0.3) is 5.57 Å². The second kappa shape index (κ2) is 3.46. The van der Waals surface area contributed by atoms with Crippen LogP contribution in [0, 0.1) is 6.92 Å². The SMILES string of the molecule is CC1=C(CN)COc2ccc(C)cc21. The smallest absolute Gasteiger partial charge is 0.127 e. The van der Waals surface area contributed by atoms with E-state index >= 15 is 0 Å². The highest BCUT2D eigenvalue weighted by atomic mass is 16.5. The van der Waals surface area contributed by atoms with E-state index in [9.17, 15) is 0 Å². The van der Waals surface area contributed by atoms with Crippen LogP contribution in [0.2, 0.25) is 0 Å². The summed E-state index contributed by atoms with van der Waals surface area (Å²) in [5.41, 5.74) is 10.6. The van der Waals surface area contributed by atoms with Gasteiger partial charge in [-0.1, -0.05) is 11.6 Å². The Hall–Kier alpha value is -1.28. The molecule has 2 N–H and O–H groups in total. The summed E-state index contributed by atoms with van der Waals surface area (Å²) < 4.78 is 5.61. The molecular formula is C12H15NO. The first-order chi connectivity index (χ1) is 6.72. The van der Waals surface area contributed by atoms with E-state index in [1.54, 1.807) is 0 Å². The lowest BCUT2D eigenvalue weighted by Gasteiger charge is -2.21. The molecule has 0 radical (unpaired) electrons. The van der Waals surface area contributed by atoms with E-state index in [0.29, 0.717) is 13.2 Å². The summed E-state index contributed by atoms with van der Waals surface area (Å²) in [4.78, 5) is 0. The predicted molar refractivity (Wildman–Crippen MR) is 58.3 cm³/mol. The van der Waals surface area contributed by atoms with Gasteiger partial charge < -0.3 is 10.5 Å². The molecule has 0 saturated heterocycles. The summed E-state index contributed by atoms with van der Waals surface area (Å²) in [5.74, 6) is 0.977. The van der Waals surface area contributed by atoms with Gasteiger partial charge >= 0.3 is 0 Å². The quantitative estimate of drug-likeness (QED) is 0.734. The Morgan fingerprint density at radius 1 is 1.36 bits per heavy atom. The van der Waals surface area contributed by atoms with Gasteiger partial charge in [-0.25, -0.2) is 0 Å². The molecule has 0 aromatic heterocycles. The van der Waals surface area contributed by atoms with Gasteiger partial charge in [0, 0.05) is 12.1 Å². The van der Waals surface area contributed by atoms with Crippen LogP contribution in [0.5, 0.6) is 5.75 Å². The zero-order valence-electron chi connectivity index (χ0n) is 8.63. The Morgan fingerprint density at radius 3 is 2.86 bits per heavy atom. The lowest BCUT2D eigenvalue weighted by atomic mass is 9.97. The second-order valence-corrected chi connectivity index (χ2v) is 3.72. The topological polar surface area (TPSA) is 35.2 Å². The molecule has 0 aliphatic carbocycles. The average molecular weight is 189 g/mol. The van der Waals surface area contributed by atoms with Gasteiger partial charge in [-0.05, 0) is 37.1 Å². The van der Waals surface area contributed by atoms with Crippen molar-refractivity contribution in [2.75, 3.05) is 13.2 Å². The van der Waals surface area contributed by atoms with Crippen LogP contribution in [0.15, 0.2) is 23.8 Å². The Labute approximate surface area is 84.4 Å². The second-order valence-electron chi connectivity index (χ2n) is 3.72. The van der Waals surface area contributed by atoms with E-state index in [2.05, 4.69) is 26.0 Å². The number of benzene rings is 1.